The third-order valence-electron chi connectivity index (χ3n) is 6.76. The molecular weight excluding hydrogens is 346 g/mol. The average Bonchev–Trinajstić information content (AvgIpc) is 2.66. The number of unbranched alkanes of at least 4 members (excludes halogenated alkanes) is 1. The Morgan fingerprint density at radius 3 is 2.30 bits per heavy atom. The van der Waals surface area contributed by atoms with Crippen LogP contribution in [0.25, 0.3) is 0 Å². The Balaban J connectivity index is 2.02. The largest absolute Gasteiger partial charge is 0.410 e. The summed E-state index contributed by atoms with van der Waals surface area (Å²) >= 11 is 0. The third kappa shape index (κ3) is 5.93. The second kappa shape index (κ2) is 9.89. The van der Waals surface area contributed by atoms with Crippen molar-refractivity contribution in [1.82, 2.24) is 0 Å². The second-order valence-corrected chi connectivity index (χ2v) is 14.0. The van der Waals surface area contributed by atoms with Gasteiger partial charge in [-0.15, -0.1) is 0 Å². The molecule has 1 atom stereocenters. The highest BCUT2D eigenvalue weighted by Crippen LogP contribution is 2.47. The van der Waals surface area contributed by atoms with Gasteiger partial charge in [-0.2, -0.15) is 5.26 Å². The highest BCUT2D eigenvalue weighted by atomic mass is 28.4. The first-order chi connectivity index (χ1) is 12.9. The molecule has 0 spiro atoms. The smallest absolute Gasteiger partial charge is 0.192 e. The van der Waals surface area contributed by atoms with Gasteiger partial charge in [0.15, 0.2) is 8.32 Å². The van der Waals surface area contributed by atoms with Crippen LogP contribution in [-0.2, 0) is 4.43 Å². The predicted octanol–water partition coefficient (Wildman–Crippen LogP) is 7.62. The van der Waals surface area contributed by atoms with Gasteiger partial charge in [-0.05, 0) is 60.4 Å². The highest BCUT2D eigenvalue weighted by molar-refractivity contribution is 6.73. The van der Waals surface area contributed by atoms with Crippen molar-refractivity contribution < 1.29 is 4.43 Å². The van der Waals surface area contributed by atoms with E-state index in [4.69, 9.17) is 4.43 Å². The first-order valence-electron chi connectivity index (χ1n) is 11.1. The molecule has 1 unspecified atom stereocenters. The molecule has 1 aliphatic carbocycles. The van der Waals surface area contributed by atoms with E-state index in [0.717, 1.165) is 41.6 Å². The Kier molecular flexibility index (Phi) is 8.13. The van der Waals surface area contributed by atoms with Crippen LogP contribution in [0.2, 0.25) is 18.1 Å². The van der Waals surface area contributed by atoms with Crippen molar-refractivity contribution in [3.8, 4) is 6.07 Å². The highest BCUT2D eigenvalue weighted by Gasteiger charge is 2.35. The van der Waals surface area contributed by atoms with Crippen molar-refractivity contribution in [1.29, 1.82) is 5.26 Å². The van der Waals surface area contributed by atoms with Gasteiger partial charge < -0.3 is 4.43 Å². The topological polar surface area (TPSA) is 33.0 Å². The van der Waals surface area contributed by atoms with Crippen LogP contribution in [0.4, 0.5) is 0 Å². The normalized spacial score (nSPS) is 17.9. The summed E-state index contributed by atoms with van der Waals surface area (Å²) < 4.78 is 6.88. The van der Waals surface area contributed by atoms with Crippen LogP contribution in [0.3, 0.4) is 0 Å². The molecule has 1 fully saturated rings. The lowest BCUT2D eigenvalue weighted by Crippen LogP contribution is -2.37. The van der Waals surface area contributed by atoms with Gasteiger partial charge in [-0.25, -0.2) is 0 Å². The summed E-state index contributed by atoms with van der Waals surface area (Å²) in [6.07, 6.45) is 7.75. The second-order valence-electron chi connectivity index (χ2n) is 9.27. The van der Waals surface area contributed by atoms with E-state index in [-0.39, 0.29) is 6.10 Å². The molecule has 0 saturated heterocycles. The Hall–Kier alpha value is -1.11. The number of hydrogen-bond acceptors (Lipinski definition) is 2. The fourth-order valence-corrected chi connectivity index (χ4v) is 7.78. The summed E-state index contributed by atoms with van der Waals surface area (Å²) in [6, 6.07) is 13.9. The molecule has 0 heterocycles. The van der Waals surface area contributed by atoms with Crippen molar-refractivity contribution in [3.63, 3.8) is 0 Å². The SMILES string of the molecule is CC[Si](CC)(CC)OC(CCCCC1CC(C)(C)C1)c1ccccc1C#N. The molecule has 27 heavy (non-hydrogen) atoms. The maximum absolute atomic E-state index is 9.58. The summed E-state index contributed by atoms with van der Waals surface area (Å²) in [5.41, 5.74) is 2.47. The number of nitrogens with zero attached hydrogens (tertiary/aromatic N) is 1. The minimum atomic E-state index is -1.71. The molecule has 0 bridgehead atoms. The molecular formula is C24H39NOSi. The summed E-state index contributed by atoms with van der Waals surface area (Å²) in [7, 11) is -1.71. The van der Waals surface area contributed by atoms with Crippen LogP contribution in [0.15, 0.2) is 24.3 Å². The van der Waals surface area contributed by atoms with E-state index in [1.165, 1.54) is 32.1 Å². The van der Waals surface area contributed by atoms with Crippen LogP contribution in [0, 0.1) is 22.7 Å². The first-order valence-corrected chi connectivity index (χ1v) is 13.6. The molecule has 1 aromatic carbocycles. The van der Waals surface area contributed by atoms with E-state index >= 15 is 0 Å². The van der Waals surface area contributed by atoms with E-state index in [9.17, 15) is 5.26 Å². The number of rotatable bonds is 11. The van der Waals surface area contributed by atoms with Gasteiger partial charge in [0.05, 0.1) is 17.7 Å². The Labute approximate surface area is 168 Å². The van der Waals surface area contributed by atoms with Crippen molar-refractivity contribution >= 4 is 8.32 Å². The molecule has 0 radical (unpaired) electrons. The zero-order chi connectivity index (χ0) is 19.9. The summed E-state index contributed by atoms with van der Waals surface area (Å²) in [6.45, 7) is 11.6. The fourth-order valence-electron chi connectivity index (χ4n) is 4.93. The van der Waals surface area contributed by atoms with E-state index in [1.807, 2.05) is 12.1 Å². The number of nitriles is 1. The molecule has 1 saturated carbocycles. The molecule has 3 heteroatoms. The molecule has 0 aliphatic heterocycles. The van der Waals surface area contributed by atoms with Crippen molar-refractivity contribution in [2.24, 2.45) is 11.3 Å². The Bertz CT molecular complexity index is 613. The van der Waals surface area contributed by atoms with Gasteiger partial charge >= 0.3 is 0 Å². The minimum Gasteiger partial charge on any atom is -0.410 e. The minimum absolute atomic E-state index is 0.0881. The molecule has 1 aliphatic rings. The van der Waals surface area contributed by atoms with Gasteiger partial charge in [0, 0.05) is 0 Å². The molecule has 2 rings (SSSR count). The van der Waals surface area contributed by atoms with Gasteiger partial charge in [0.1, 0.15) is 0 Å². The van der Waals surface area contributed by atoms with E-state index < -0.39 is 8.32 Å². The fraction of sp³-hybridized carbons (Fsp3) is 0.708. The van der Waals surface area contributed by atoms with Crippen molar-refractivity contribution in [3.05, 3.63) is 35.4 Å². The number of hydrogen-bond donors (Lipinski definition) is 0. The first kappa shape index (κ1) is 22.2. The van der Waals surface area contributed by atoms with E-state index in [2.05, 4.69) is 52.8 Å². The van der Waals surface area contributed by atoms with Crippen LogP contribution in [-0.4, -0.2) is 8.32 Å². The molecule has 2 nitrogen and oxygen atoms in total. The molecule has 150 valence electrons. The lowest BCUT2D eigenvalue weighted by molar-refractivity contribution is 0.0861. The van der Waals surface area contributed by atoms with Crippen LogP contribution in [0.5, 0.6) is 0 Å². The number of benzene rings is 1. The quantitative estimate of drug-likeness (QED) is 0.290. The van der Waals surface area contributed by atoms with Gasteiger partial charge in [-0.3, -0.25) is 0 Å². The zero-order valence-corrected chi connectivity index (χ0v) is 19.2. The van der Waals surface area contributed by atoms with Gasteiger partial charge in [0.25, 0.3) is 0 Å². The lowest BCUT2D eigenvalue weighted by Gasteiger charge is -2.43. The van der Waals surface area contributed by atoms with Crippen LogP contribution >= 0.6 is 0 Å². The molecule has 0 aromatic heterocycles. The summed E-state index contributed by atoms with van der Waals surface area (Å²) in [5.74, 6) is 0.932. The zero-order valence-electron chi connectivity index (χ0n) is 18.2. The Morgan fingerprint density at radius 2 is 1.74 bits per heavy atom. The molecule has 0 N–H and O–H groups in total. The van der Waals surface area contributed by atoms with Gasteiger partial charge in [-0.1, -0.05) is 72.1 Å². The maximum Gasteiger partial charge on any atom is 0.192 e. The molecule has 1 aromatic rings. The average molecular weight is 386 g/mol. The van der Waals surface area contributed by atoms with E-state index in [0.29, 0.717) is 5.41 Å². The third-order valence-corrected chi connectivity index (χ3v) is 11.4. The summed E-state index contributed by atoms with van der Waals surface area (Å²) in [5, 5.41) is 9.58. The molecule has 0 amide bonds. The Morgan fingerprint density at radius 1 is 1.11 bits per heavy atom. The van der Waals surface area contributed by atoms with E-state index in [1.54, 1.807) is 0 Å². The summed E-state index contributed by atoms with van der Waals surface area (Å²) in [4.78, 5) is 0. The maximum atomic E-state index is 9.58. The predicted molar refractivity (Wildman–Crippen MR) is 117 cm³/mol. The van der Waals surface area contributed by atoms with Crippen LogP contribution in [0.1, 0.15) is 90.4 Å². The lowest BCUT2D eigenvalue weighted by atomic mass is 9.63. The van der Waals surface area contributed by atoms with Crippen LogP contribution < -0.4 is 0 Å². The van der Waals surface area contributed by atoms with Crippen molar-refractivity contribution in [2.45, 2.75) is 97.4 Å². The van der Waals surface area contributed by atoms with Gasteiger partial charge in [0.2, 0.25) is 0 Å². The monoisotopic (exact) mass is 385 g/mol. The standard InChI is InChI=1S/C24H39NOSi/c1-6-27(7-2,8-3)26-23(22-15-11-10-14-21(22)19-25)16-12-9-13-20-17-24(4,5)18-20/h10-11,14-15,20,23H,6-9,12-13,16-18H2,1-5H3. The van der Waals surface area contributed by atoms with Crippen molar-refractivity contribution in [2.75, 3.05) is 0 Å².